The topological polar surface area (TPSA) is 61.7 Å². The molecule has 0 aliphatic carbocycles. The Bertz CT molecular complexity index is 211. The highest BCUT2D eigenvalue weighted by Crippen LogP contribution is 1.89. The Kier molecular flexibility index (Phi) is 2.47. The molecular weight excluding hydrogens is 130 g/mol. The number of ether oxygens (including phenoxy) is 1. The normalized spacial score (nSPS) is 9.10. The summed E-state index contributed by atoms with van der Waals surface area (Å²) in [4.78, 5) is 6.75. The molecule has 52 valence electrons. The average Bonchev–Trinajstić information content (AvgIpc) is 2.41. The van der Waals surface area contributed by atoms with Crippen LogP contribution in [-0.2, 0) is 11.3 Å². The average molecular weight is 137 g/mol. The van der Waals surface area contributed by atoms with Crippen LogP contribution in [-0.4, -0.2) is 16.6 Å². The van der Waals surface area contributed by atoms with Gasteiger partial charge in [0.1, 0.15) is 19.0 Å². The van der Waals surface area contributed by atoms with Gasteiger partial charge in [-0.1, -0.05) is 0 Å². The fourth-order valence-electron chi connectivity index (χ4n) is 0.570. The van der Waals surface area contributed by atoms with Crippen LogP contribution in [0.15, 0.2) is 12.4 Å². The van der Waals surface area contributed by atoms with Gasteiger partial charge in [0.25, 0.3) is 0 Å². The molecule has 0 amide bonds. The van der Waals surface area contributed by atoms with E-state index in [9.17, 15) is 0 Å². The summed E-state index contributed by atoms with van der Waals surface area (Å²) >= 11 is 0. The zero-order valence-electron chi connectivity index (χ0n) is 5.37. The smallest absolute Gasteiger partial charge is 0.134 e. The molecule has 1 N–H and O–H groups in total. The standard InChI is InChI=1S/C6H7N3O/c7-1-4-10-5-6-8-2-3-9-6/h2-3H,4-5H2,(H,8,9). The first-order chi connectivity index (χ1) is 4.93. The van der Waals surface area contributed by atoms with Crippen molar-refractivity contribution in [2.45, 2.75) is 6.61 Å². The van der Waals surface area contributed by atoms with Crippen LogP contribution in [0.25, 0.3) is 0 Å². The maximum absolute atomic E-state index is 8.09. The van der Waals surface area contributed by atoms with Gasteiger partial charge in [-0.15, -0.1) is 0 Å². The van der Waals surface area contributed by atoms with Gasteiger partial charge in [-0.25, -0.2) is 4.98 Å². The van der Waals surface area contributed by atoms with Crippen molar-refractivity contribution in [1.29, 1.82) is 5.26 Å². The number of aromatic amines is 1. The highest BCUT2D eigenvalue weighted by Gasteiger charge is 1.91. The van der Waals surface area contributed by atoms with Gasteiger partial charge in [-0.2, -0.15) is 5.26 Å². The summed E-state index contributed by atoms with van der Waals surface area (Å²) in [5.41, 5.74) is 0. The van der Waals surface area contributed by atoms with E-state index in [2.05, 4.69) is 9.97 Å². The summed E-state index contributed by atoms with van der Waals surface area (Å²) in [6.45, 7) is 0.487. The van der Waals surface area contributed by atoms with Crippen LogP contribution < -0.4 is 0 Å². The maximum atomic E-state index is 8.09. The summed E-state index contributed by atoms with van der Waals surface area (Å²) in [5.74, 6) is 0.746. The highest BCUT2D eigenvalue weighted by atomic mass is 16.5. The molecule has 0 aromatic carbocycles. The molecule has 0 atom stereocenters. The lowest BCUT2D eigenvalue weighted by Crippen LogP contribution is -1.94. The van der Waals surface area contributed by atoms with Crippen molar-refractivity contribution in [2.24, 2.45) is 0 Å². The highest BCUT2D eigenvalue weighted by molar-refractivity contribution is 4.84. The van der Waals surface area contributed by atoms with Crippen LogP contribution in [0.4, 0.5) is 0 Å². The van der Waals surface area contributed by atoms with Crippen molar-refractivity contribution in [3.8, 4) is 6.07 Å². The second-order valence-corrected chi connectivity index (χ2v) is 1.69. The lowest BCUT2D eigenvalue weighted by Gasteiger charge is -1.92. The molecule has 1 rings (SSSR count). The molecule has 0 spiro atoms. The fourth-order valence-corrected chi connectivity index (χ4v) is 0.570. The Balaban J connectivity index is 2.23. The van der Waals surface area contributed by atoms with E-state index in [1.54, 1.807) is 12.4 Å². The Morgan fingerprint density at radius 2 is 2.70 bits per heavy atom. The van der Waals surface area contributed by atoms with Crippen molar-refractivity contribution in [3.05, 3.63) is 18.2 Å². The van der Waals surface area contributed by atoms with Gasteiger partial charge in [0.05, 0.1) is 6.07 Å². The second kappa shape index (κ2) is 3.64. The maximum Gasteiger partial charge on any atom is 0.134 e. The SMILES string of the molecule is N#CCOCc1ncc[nH]1. The van der Waals surface area contributed by atoms with Crippen molar-refractivity contribution < 1.29 is 4.74 Å². The van der Waals surface area contributed by atoms with Gasteiger partial charge in [0.2, 0.25) is 0 Å². The van der Waals surface area contributed by atoms with Crippen molar-refractivity contribution >= 4 is 0 Å². The minimum Gasteiger partial charge on any atom is -0.359 e. The van der Waals surface area contributed by atoms with Crippen LogP contribution >= 0.6 is 0 Å². The lowest BCUT2D eigenvalue weighted by molar-refractivity contribution is 0.146. The van der Waals surface area contributed by atoms with Crippen LogP contribution in [0.2, 0.25) is 0 Å². The number of nitrogens with one attached hydrogen (secondary N) is 1. The van der Waals surface area contributed by atoms with Gasteiger partial charge >= 0.3 is 0 Å². The summed E-state index contributed by atoms with van der Waals surface area (Å²) in [5, 5.41) is 8.09. The predicted octanol–water partition coefficient (Wildman–Crippen LogP) is 0.450. The number of H-pyrrole nitrogens is 1. The molecule has 10 heavy (non-hydrogen) atoms. The summed E-state index contributed by atoms with van der Waals surface area (Å²) in [6.07, 6.45) is 3.36. The molecule has 1 aromatic rings. The summed E-state index contributed by atoms with van der Waals surface area (Å²) in [7, 11) is 0. The minimum atomic E-state index is 0.112. The van der Waals surface area contributed by atoms with Gasteiger partial charge in [0, 0.05) is 12.4 Å². The number of hydrogen-bond donors (Lipinski definition) is 1. The van der Waals surface area contributed by atoms with Gasteiger partial charge in [-0.05, 0) is 0 Å². The van der Waals surface area contributed by atoms with Gasteiger partial charge in [0.15, 0.2) is 0 Å². The molecule has 4 heteroatoms. The molecule has 4 nitrogen and oxygen atoms in total. The zero-order chi connectivity index (χ0) is 7.23. The number of imidazole rings is 1. The lowest BCUT2D eigenvalue weighted by atomic mass is 10.7. The number of hydrogen-bond acceptors (Lipinski definition) is 3. The molecule has 0 radical (unpaired) electrons. The quantitative estimate of drug-likeness (QED) is 0.615. The van der Waals surface area contributed by atoms with Crippen molar-refractivity contribution in [2.75, 3.05) is 6.61 Å². The molecular formula is C6H7N3O. The zero-order valence-corrected chi connectivity index (χ0v) is 5.37. The number of nitrogens with zero attached hydrogens (tertiary/aromatic N) is 2. The van der Waals surface area contributed by atoms with E-state index in [1.807, 2.05) is 6.07 Å². The first-order valence-electron chi connectivity index (χ1n) is 2.86. The van der Waals surface area contributed by atoms with Crippen molar-refractivity contribution in [1.82, 2.24) is 9.97 Å². The third-order valence-electron chi connectivity index (χ3n) is 0.960. The second-order valence-electron chi connectivity index (χ2n) is 1.69. The summed E-state index contributed by atoms with van der Waals surface area (Å²) in [6, 6.07) is 1.87. The first kappa shape index (κ1) is 6.78. The molecule has 0 aliphatic rings. The minimum absolute atomic E-state index is 0.112. The third kappa shape index (κ3) is 1.88. The van der Waals surface area contributed by atoms with E-state index < -0.39 is 0 Å². The van der Waals surface area contributed by atoms with E-state index in [0.717, 1.165) is 5.82 Å². The fraction of sp³-hybridized carbons (Fsp3) is 0.333. The summed E-state index contributed by atoms with van der Waals surface area (Å²) < 4.78 is 4.87. The first-order valence-corrected chi connectivity index (χ1v) is 2.86. The molecule has 0 saturated heterocycles. The van der Waals surface area contributed by atoms with E-state index in [1.165, 1.54) is 0 Å². The molecule has 0 aliphatic heterocycles. The van der Waals surface area contributed by atoms with Gasteiger partial charge < -0.3 is 9.72 Å². The van der Waals surface area contributed by atoms with Crippen LogP contribution in [0.1, 0.15) is 5.82 Å². The number of nitriles is 1. The number of rotatable bonds is 3. The van der Waals surface area contributed by atoms with Gasteiger partial charge in [-0.3, -0.25) is 0 Å². The Morgan fingerprint density at radius 1 is 1.80 bits per heavy atom. The number of aromatic nitrogens is 2. The predicted molar refractivity (Wildman–Crippen MR) is 33.9 cm³/mol. The van der Waals surface area contributed by atoms with E-state index >= 15 is 0 Å². The van der Waals surface area contributed by atoms with Crippen LogP contribution in [0.5, 0.6) is 0 Å². The molecule has 1 aromatic heterocycles. The molecule has 0 unspecified atom stereocenters. The Hall–Kier alpha value is -1.34. The molecule has 0 saturated carbocycles. The molecule has 0 bridgehead atoms. The van der Waals surface area contributed by atoms with Crippen molar-refractivity contribution in [3.63, 3.8) is 0 Å². The van der Waals surface area contributed by atoms with E-state index in [0.29, 0.717) is 6.61 Å². The van der Waals surface area contributed by atoms with Crippen LogP contribution in [0.3, 0.4) is 0 Å². The Labute approximate surface area is 58.5 Å². The molecule has 1 heterocycles. The third-order valence-corrected chi connectivity index (χ3v) is 0.960. The van der Waals surface area contributed by atoms with E-state index in [-0.39, 0.29) is 6.61 Å². The molecule has 0 fully saturated rings. The Morgan fingerprint density at radius 3 is 3.30 bits per heavy atom. The van der Waals surface area contributed by atoms with E-state index in [4.69, 9.17) is 10.00 Å². The van der Waals surface area contributed by atoms with Crippen LogP contribution in [0, 0.1) is 11.3 Å². The monoisotopic (exact) mass is 137 g/mol. The largest absolute Gasteiger partial charge is 0.359 e.